The van der Waals surface area contributed by atoms with E-state index in [0.29, 0.717) is 31.3 Å². The molecule has 2 amide bonds. The van der Waals surface area contributed by atoms with Gasteiger partial charge in [0.05, 0.1) is 5.92 Å². The minimum atomic E-state index is -0.184. The summed E-state index contributed by atoms with van der Waals surface area (Å²) in [7, 11) is 0. The summed E-state index contributed by atoms with van der Waals surface area (Å²) < 4.78 is 0. The number of nitrogens with zero attached hydrogens (tertiary/aromatic N) is 2. The molecule has 1 aromatic rings. The van der Waals surface area contributed by atoms with Crippen LogP contribution in [0.3, 0.4) is 0 Å². The van der Waals surface area contributed by atoms with E-state index in [9.17, 15) is 9.59 Å². The molecule has 25 heavy (non-hydrogen) atoms. The van der Waals surface area contributed by atoms with Crippen LogP contribution in [0.25, 0.3) is 0 Å². The molecule has 2 heterocycles. The molecule has 1 saturated carbocycles. The molecule has 136 valence electrons. The highest BCUT2D eigenvalue weighted by atomic mass is 35.5. The van der Waals surface area contributed by atoms with E-state index < -0.39 is 0 Å². The lowest BCUT2D eigenvalue weighted by molar-refractivity contribution is -0.135. The standard InChI is InChI=1S/C19H25N3O2.ClH/c20-17-7-6-14-10-22(12-16(14)17)19(24)15-8-18(23)21(11-15)9-13-4-2-1-3-5-13;/h1-5,14-17H,6-12,20H2;1H. The molecule has 2 saturated heterocycles. The van der Waals surface area contributed by atoms with Gasteiger partial charge in [0.25, 0.3) is 0 Å². The molecule has 3 aliphatic rings. The Balaban J connectivity index is 0.00000182. The number of benzene rings is 1. The predicted molar refractivity (Wildman–Crippen MR) is 98.0 cm³/mol. The van der Waals surface area contributed by atoms with Gasteiger partial charge >= 0.3 is 0 Å². The first kappa shape index (κ1) is 18.2. The Morgan fingerprint density at radius 3 is 2.60 bits per heavy atom. The van der Waals surface area contributed by atoms with Crippen molar-refractivity contribution >= 4 is 24.2 Å². The number of halogens is 1. The Hall–Kier alpha value is -1.59. The number of likely N-dealkylation sites (tertiary alicyclic amines) is 2. The van der Waals surface area contributed by atoms with Crippen LogP contribution in [0.2, 0.25) is 0 Å². The van der Waals surface area contributed by atoms with E-state index in [2.05, 4.69) is 0 Å². The third-order valence-corrected chi connectivity index (χ3v) is 6.00. The lowest BCUT2D eigenvalue weighted by Gasteiger charge is -2.22. The Labute approximate surface area is 154 Å². The van der Waals surface area contributed by atoms with Crippen molar-refractivity contribution in [2.24, 2.45) is 23.5 Å². The molecule has 4 rings (SSSR count). The van der Waals surface area contributed by atoms with Gasteiger partial charge < -0.3 is 15.5 Å². The summed E-state index contributed by atoms with van der Waals surface area (Å²) in [6.45, 7) is 2.76. The average molecular weight is 364 g/mol. The highest BCUT2D eigenvalue weighted by molar-refractivity contribution is 5.89. The number of carbonyl (C=O) groups excluding carboxylic acids is 2. The highest BCUT2D eigenvalue weighted by Gasteiger charge is 2.45. The summed E-state index contributed by atoms with van der Waals surface area (Å²) >= 11 is 0. The van der Waals surface area contributed by atoms with Gasteiger partial charge in [0.2, 0.25) is 11.8 Å². The molecule has 1 aromatic carbocycles. The number of nitrogens with two attached hydrogens (primary N) is 1. The summed E-state index contributed by atoms with van der Waals surface area (Å²) in [5, 5.41) is 0. The van der Waals surface area contributed by atoms with Crippen LogP contribution in [0.4, 0.5) is 0 Å². The predicted octanol–water partition coefficient (Wildman–Crippen LogP) is 1.65. The third kappa shape index (κ3) is 3.53. The Bertz CT molecular complexity index is 639. The van der Waals surface area contributed by atoms with Crippen molar-refractivity contribution in [3.8, 4) is 0 Å². The summed E-state index contributed by atoms with van der Waals surface area (Å²) in [5.74, 6) is 1.10. The van der Waals surface area contributed by atoms with E-state index in [1.54, 1.807) is 0 Å². The first-order chi connectivity index (χ1) is 11.6. The molecular weight excluding hydrogens is 338 g/mol. The van der Waals surface area contributed by atoms with Crippen LogP contribution < -0.4 is 5.73 Å². The number of rotatable bonds is 3. The van der Waals surface area contributed by atoms with Gasteiger partial charge in [0, 0.05) is 38.6 Å². The van der Waals surface area contributed by atoms with E-state index in [1.165, 1.54) is 0 Å². The molecule has 0 bridgehead atoms. The van der Waals surface area contributed by atoms with Gasteiger partial charge in [-0.1, -0.05) is 30.3 Å². The van der Waals surface area contributed by atoms with Gasteiger partial charge in [-0.05, 0) is 30.2 Å². The van der Waals surface area contributed by atoms with Crippen LogP contribution >= 0.6 is 12.4 Å². The quantitative estimate of drug-likeness (QED) is 0.888. The second-order valence-corrected chi connectivity index (χ2v) is 7.57. The molecule has 0 radical (unpaired) electrons. The third-order valence-electron chi connectivity index (χ3n) is 6.00. The maximum atomic E-state index is 12.8. The number of hydrogen-bond acceptors (Lipinski definition) is 3. The molecular formula is C19H26ClN3O2. The van der Waals surface area contributed by atoms with Crippen molar-refractivity contribution in [3.05, 3.63) is 35.9 Å². The normalized spacial score (nSPS) is 31.2. The lowest BCUT2D eigenvalue weighted by atomic mass is 9.98. The number of carbonyl (C=O) groups is 2. The van der Waals surface area contributed by atoms with Crippen LogP contribution in [0.15, 0.2) is 30.3 Å². The molecule has 0 spiro atoms. The fourth-order valence-electron chi connectivity index (χ4n) is 4.64. The maximum absolute atomic E-state index is 12.8. The van der Waals surface area contributed by atoms with Crippen molar-refractivity contribution in [2.75, 3.05) is 19.6 Å². The largest absolute Gasteiger partial charge is 0.342 e. The lowest BCUT2D eigenvalue weighted by Crippen LogP contribution is -2.38. The molecule has 1 aliphatic carbocycles. The maximum Gasteiger partial charge on any atom is 0.228 e. The molecule has 3 fully saturated rings. The topological polar surface area (TPSA) is 66.6 Å². The van der Waals surface area contributed by atoms with Crippen molar-refractivity contribution in [2.45, 2.75) is 31.8 Å². The zero-order valence-electron chi connectivity index (χ0n) is 14.3. The smallest absolute Gasteiger partial charge is 0.228 e. The Morgan fingerprint density at radius 2 is 1.88 bits per heavy atom. The number of hydrogen-bond donors (Lipinski definition) is 1. The van der Waals surface area contributed by atoms with E-state index in [1.807, 2.05) is 40.1 Å². The number of amides is 2. The average Bonchev–Trinajstić information content (AvgIpc) is 3.25. The Kier molecular flexibility index (Phi) is 5.35. The fourth-order valence-corrected chi connectivity index (χ4v) is 4.64. The van der Waals surface area contributed by atoms with Crippen molar-refractivity contribution in [1.29, 1.82) is 0 Å². The molecule has 2 aliphatic heterocycles. The van der Waals surface area contributed by atoms with Gasteiger partial charge in [-0.25, -0.2) is 0 Å². The SMILES string of the molecule is Cl.NC1CCC2CN(C(=O)C3CC(=O)N(Cc4ccccc4)C3)CC12. The second-order valence-electron chi connectivity index (χ2n) is 7.57. The summed E-state index contributed by atoms with van der Waals surface area (Å²) in [5.41, 5.74) is 7.28. The number of fused-ring (bicyclic) bond motifs is 1. The second kappa shape index (κ2) is 7.34. The molecule has 5 nitrogen and oxygen atoms in total. The van der Waals surface area contributed by atoms with E-state index in [-0.39, 0.29) is 36.2 Å². The van der Waals surface area contributed by atoms with Crippen LogP contribution in [-0.2, 0) is 16.1 Å². The zero-order chi connectivity index (χ0) is 16.7. The van der Waals surface area contributed by atoms with Crippen molar-refractivity contribution in [1.82, 2.24) is 9.80 Å². The van der Waals surface area contributed by atoms with Gasteiger partial charge in [0.15, 0.2) is 0 Å². The first-order valence-electron chi connectivity index (χ1n) is 8.98. The molecule has 4 unspecified atom stereocenters. The van der Waals surface area contributed by atoms with Gasteiger partial charge in [-0.2, -0.15) is 0 Å². The zero-order valence-corrected chi connectivity index (χ0v) is 15.2. The van der Waals surface area contributed by atoms with Crippen molar-refractivity contribution in [3.63, 3.8) is 0 Å². The highest BCUT2D eigenvalue weighted by Crippen LogP contribution is 2.38. The summed E-state index contributed by atoms with van der Waals surface area (Å²) in [6.07, 6.45) is 2.58. The summed E-state index contributed by atoms with van der Waals surface area (Å²) in [4.78, 5) is 28.9. The van der Waals surface area contributed by atoms with Gasteiger partial charge in [-0.15, -0.1) is 12.4 Å². The van der Waals surface area contributed by atoms with Crippen molar-refractivity contribution < 1.29 is 9.59 Å². The van der Waals surface area contributed by atoms with Crippen LogP contribution in [0.5, 0.6) is 0 Å². The fraction of sp³-hybridized carbons (Fsp3) is 0.579. The molecule has 2 N–H and O–H groups in total. The minimum absolute atomic E-state index is 0. The molecule has 6 heteroatoms. The van der Waals surface area contributed by atoms with Crippen LogP contribution in [0.1, 0.15) is 24.8 Å². The van der Waals surface area contributed by atoms with E-state index in [4.69, 9.17) is 5.73 Å². The van der Waals surface area contributed by atoms with Gasteiger partial charge in [0.1, 0.15) is 0 Å². The first-order valence-corrected chi connectivity index (χ1v) is 8.98. The molecule has 4 atom stereocenters. The van der Waals surface area contributed by atoms with Crippen LogP contribution in [-0.4, -0.2) is 47.3 Å². The monoisotopic (exact) mass is 363 g/mol. The van der Waals surface area contributed by atoms with Crippen LogP contribution in [0, 0.1) is 17.8 Å². The minimum Gasteiger partial charge on any atom is -0.342 e. The van der Waals surface area contributed by atoms with E-state index >= 15 is 0 Å². The van der Waals surface area contributed by atoms with Gasteiger partial charge in [-0.3, -0.25) is 9.59 Å². The van der Waals surface area contributed by atoms with E-state index in [0.717, 1.165) is 31.5 Å². The Morgan fingerprint density at radius 1 is 1.12 bits per heavy atom. The molecule has 0 aromatic heterocycles. The summed E-state index contributed by atoms with van der Waals surface area (Å²) in [6, 6.07) is 10.2.